The molecule has 1 fully saturated rings. The Kier molecular flexibility index (Phi) is 5.62. The molecule has 2 aromatic heterocycles. The monoisotopic (exact) mass is 439 g/mol. The summed E-state index contributed by atoms with van der Waals surface area (Å²) in [5.74, 6) is 1.22. The van der Waals surface area contributed by atoms with E-state index in [1.54, 1.807) is 17.7 Å². The number of aromatic nitrogens is 2. The fourth-order valence-corrected chi connectivity index (χ4v) is 6.01. The van der Waals surface area contributed by atoms with Crippen molar-refractivity contribution in [2.75, 3.05) is 49.1 Å². The summed E-state index contributed by atoms with van der Waals surface area (Å²) in [6.07, 6.45) is 2.67. The number of nitrogens with zero attached hydrogens (tertiary/aromatic N) is 5. The van der Waals surface area contributed by atoms with Crippen LogP contribution in [0, 0.1) is 0 Å². The largest absolute Gasteiger partial charge is 0.353 e. The quantitative estimate of drug-likeness (QED) is 0.620. The van der Waals surface area contributed by atoms with Gasteiger partial charge in [0, 0.05) is 42.9 Å². The van der Waals surface area contributed by atoms with E-state index in [-0.39, 0.29) is 5.91 Å². The van der Waals surface area contributed by atoms with Crippen LogP contribution in [-0.2, 0) is 4.79 Å². The van der Waals surface area contributed by atoms with Crippen molar-refractivity contribution >= 4 is 50.7 Å². The number of hydrogen-bond acceptors (Lipinski definition) is 7. The summed E-state index contributed by atoms with van der Waals surface area (Å²) in [7, 11) is 0. The first-order valence-corrected chi connectivity index (χ1v) is 12.2. The first kappa shape index (κ1) is 19.8. The van der Waals surface area contributed by atoms with E-state index in [1.165, 1.54) is 4.90 Å². The number of thioether (sulfide) groups is 1. The van der Waals surface area contributed by atoms with Crippen molar-refractivity contribution in [3.8, 4) is 0 Å². The summed E-state index contributed by atoms with van der Waals surface area (Å²) >= 11 is 3.52. The second kappa shape index (κ2) is 8.53. The minimum atomic E-state index is 0.202. The number of thiophene rings is 1. The molecule has 1 amide bonds. The van der Waals surface area contributed by atoms with Crippen molar-refractivity contribution in [2.45, 2.75) is 23.5 Å². The number of para-hydroxylation sites is 1. The van der Waals surface area contributed by atoms with Crippen molar-refractivity contribution in [3.05, 3.63) is 42.0 Å². The number of carbonyl (C=O) groups is 1. The summed E-state index contributed by atoms with van der Waals surface area (Å²) in [5.41, 5.74) is 1.07. The van der Waals surface area contributed by atoms with Gasteiger partial charge < -0.3 is 9.80 Å². The normalized spacial score (nSPS) is 20.2. The zero-order valence-corrected chi connectivity index (χ0v) is 18.7. The predicted octanol–water partition coefficient (Wildman–Crippen LogP) is 3.73. The highest BCUT2D eigenvalue weighted by molar-refractivity contribution is 8.00. The van der Waals surface area contributed by atoms with Gasteiger partial charge in [0.05, 0.1) is 17.6 Å². The molecule has 0 saturated carbocycles. The van der Waals surface area contributed by atoms with Gasteiger partial charge in [0.1, 0.15) is 17.0 Å². The number of amides is 1. The highest BCUT2D eigenvalue weighted by Gasteiger charge is 2.27. The van der Waals surface area contributed by atoms with Crippen molar-refractivity contribution in [2.24, 2.45) is 0 Å². The van der Waals surface area contributed by atoms with Crippen LogP contribution in [-0.4, -0.2) is 65.3 Å². The first-order valence-electron chi connectivity index (χ1n) is 10.4. The Morgan fingerprint density at radius 2 is 1.93 bits per heavy atom. The maximum absolute atomic E-state index is 13.2. The lowest BCUT2D eigenvalue weighted by atomic mass is 10.2. The number of benzene rings is 1. The van der Waals surface area contributed by atoms with Crippen LogP contribution in [0.25, 0.3) is 10.2 Å². The third kappa shape index (κ3) is 3.91. The third-order valence-corrected chi connectivity index (χ3v) is 7.87. The van der Waals surface area contributed by atoms with E-state index < -0.39 is 0 Å². The molecule has 1 aromatic carbocycles. The number of piperazine rings is 1. The minimum absolute atomic E-state index is 0.202. The molecule has 156 valence electrons. The molecule has 1 unspecified atom stereocenters. The average molecular weight is 440 g/mol. The Balaban J connectivity index is 1.25. The summed E-state index contributed by atoms with van der Waals surface area (Å²) in [4.78, 5) is 30.9. The van der Waals surface area contributed by atoms with Crippen LogP contribution in [0.1, 0.15) is 13.3 Å². The van der Waals surface area contributed by atoms with E-state index in [9.17, 15) is 4.79 Å². The van der Waals surface area contributed by atoms with Crippen LogP contribution in [0.2, 0.25) is 0 Å². The molecular formula is C22H25N5OS2. The molecule has 4 heterocycles. The Morgan fingerprint density at radius 3 is 2.80 bits per heavy atom. The molecule has 2 aliphatic heterocycles. The number of fused-ring (bicyclic) bond motifs is 2. The molecule has 0 spiro atoms. The maximum atomic E-state index is 13.2. The Bertz CT molecular complexity index is 1050. The maximum Gasteiger partial charge on any atom is 0.241 e. The SMILES string of the molecule is CC1CCN(C(=O)CN2CCN(c3ncnc4sccc34)CC2)c2ccccc2S1. The highest BCUT2D eigenvalue weighted by atomic mass is 32.2. The first-order chi connectivity index (χ1) is 14.7. The van der Waals surface area contributed by atoms with Gasteiger partial charge in [0.25, 0.3) is 0 Å². The summed E-state index contributed by atoms with van der Waals surface area (Å²) in [6, 6.07) is 10.4. The van der Waals surface area contributed by atoms with Crippen LogP contribution in [0.3, 0.4) is 0 Å². The molecule has 30 heavy (non-hydrogen) atoms. The van der Waals surface area contributed by atoms with Gasteiger partial charge in [-0.1, -0.05) is 19.1 Å². The van der Waals surface area contributed by atoms with Gasteiger partial charge in [-0.3, -0.25) is 9.69 Å². The van der Waals surface area contributed by atoms with E-state index in [0.29, 0.717) is 11.8 Å². The molecule has 0 bridgehead atoms. The fourth-order valence-electron chi connectivity index (χ4n) is 4.17. The lowest BCUT2D eigenvalue weighted by molar-refractivity contribution is -0.119. The van der Waals surface area contributed by atoms with Crippen molar-refractivity contribution in [3.63, 3.8) is 0 Å². The van der Waals surface area contributed by atoms with Crippen molar-refractivity contribution in [1.82, 2.24) is 14.9 Å². The standard InChI is InChI=1S/C22H25N5OS2/c1-16-6-8-27(18-4-2-3-5-19(18)30-16)20(28)14-25-9-11-26(12-10-25)21-17-7-13-29-22(17)24-15-23-21/h2-5,7,13,15-16H,6,8-12,14H2,1H3. The summed E-state index contributed by atoms with van der Waals surface area (Å²) < 4.78 is 0. The Labute approximate surface area is 184 Å². The van der Waals surface area contributed by atoms with E-state index >= 15 is 0 Å². The second-order valence-electron chi connectivity index (χ2n) is 7.83. The van der Waals surface area contributed by atoms with Crippen LogP contribution in [0.15, 0.2) is 46.9 Å². The van der Waals surface area contributed by atoms with Crippen LogP contribution >= 0.6 is 23.1 Å². The molecule has 5 rings (SSSR count). The van der Waals surface area contributed by atoms with Gasteiger partial charge in [-0.15, -0.1) is 23.1 Å². The summed E-state index contributed by atoms with van der Waals surface area (Å²) in [5, 5.41) is 3.71. The number of anilines is 2. The molecule has 0 N–H and O–H groups in total. The van der Waals surface area contributed by atoms with E-state index in [2.05, 4.69) is 56.3 Å². The van der Waals surface area contributed by atoms with E-state index in [4.69, 9.17) is 0 Å². The van der Waals surface area contributed by atoms with E-state index in [1.807, 2.05) is 22.7 Å². The predicted molar refractivity (Wildman–Crippen MR) is 125 cm³/mol. The third-order valence-electron chi connectivity index (χ3n) is 5.82. The zero-order valence-electron chi connectivity index (χ0n) is 17.0. The van der Waals surface area contributed by atoms with Gasteiger partial charge in [-0.25, -0.2) is 9.97 Å². The van der Waals surface area contributed by atoms with Crippen molar-refractivity contribution < 1.29 is 4.79 Å². The van der Waals surface area contributed by atoms with Crippen molar-refractivity contribution in [1.29, 1.82) is 0 Å². The van der Waals surface area contributed by atoms with Gasteiger partial charge in [-0.2, -0.15) is 0 Å². The van der Waals surface area contributed by atoms with Gasteiger partial charge in [0.15, 0.2) is 0 Å². The zero-order chi connectivity index (χ0) is 20.5. The topological polar surface area (TPSA) is 52.6 Å². The number of carbonyl (C=O) groups excluding carboxylic acids is 1. The molecule has 0 radical (unpaired) electrons. The molecule has 6 nitrogen and oxygen atoms in total. The fraction of sp³-hybridized carbons (Fsp3) is 0.409. The molecule has 8 heteroatoms. The van der Waals surface area contributed by atoms with E-state index in [0.717, 1.165) is 60.9 Å². The van der Waals surface area contributed by atoms with Crippen LogP contribution in [0.4, 0.5) is 11.5 Å². The van der Waals surface area contributed by atoms with Gasteiger partial charge in [-0.05, 0) is 30.0 Å². The Morgan fingerprint density at radius 1 is 1.10 bits per heavy atom. The minimum Gasteiger partial charge on any atom is -0.353 e. The molecule has 3 aromatic rings. The summed E-state index contributed by atoms with van der Waals surface area (Å²) in [6.45, 7) is 6.98. The Hall–Kier alpha value is -2.16. The lowest BCUT2D eigenvalue weighted by Crippen LogP contribution is -2.50. The lowest BCUT2D eigenvalue weighted by Gasteiger charge is -2.36. The molecule has 1 saturated heterocycles. The number of hydrogen-bond donors (Lipinski definition) is 0. The average Bonchev–Trinajstić information content (AvgIpc) is 3.17. The van der Waals surface area contributed by atoms with Crippen LogP contribution in [0.5, 0.6) is 0 Å². The smallest absolute Gasteiger partial charge is 0.241 e. The highest BCUT2D eigenvalue weighted by Crippen LogP contribution is 2.37. The second-order valence-corrected chi connectivity index (χ2v) is 10.2. The molecular weight excluding hydrogens is 414 g/mol. The number of rotatable bonds is 3. The van der Waals surface area contributed by atoms with Crippen LogP contribution < -0.4 is 9.80 Å². The molecule has 0 aliphatic carbocycles. The molecule has 2 aliphatic rings. The van der Waals surface area contributed by atoms with Gasteiger partial charge in [0.2, 0.25) is 5.91 Å². The molecule has 1 atom stereocenters. The van der Waals surface area contributed by atoms with Gasteiger partial charge >= 0.3 is 0 Å².